The van der Waals surface area contributed by atoms with E-state index < -0.39 is 15.3 Å². The van der Waals surface area contributed by atoms with E-state index in [0.29, 0.717) is 0 Å². The van der Waals surface area contributed by atoms with Gasteiger partial charge in [-0.2, -0.15) is 8.42 Å². The summed E-state index contributed by atoms with van der Waals surface area (Å²) < 4.78 is 32.7. The minimum absolute atomic E-state index is 0.0187. The lowest BCUT2D eigenvalue weighted by atomic mass is 11.3. The third kappa shape index (κ3) is 1.30. The molecule has 1 rings (SSSR count). The van der Waals surface area contributed by atoms with Crippen molar-refractivity contribution in [2.75, 3.05) is 6.73 Å². The fourth-order valence-electron chi connectivity index (χ4n) is 0.355. The van der Waals surface area contributed by atoms with Crippen molar-refractivity contribution in [3.05, 3.63) is 0 Å². The molecule has 2 N–H and O–H groups in total. The van der Waals surface area contributed by atoms with Crippen LogP contribution in [0, 0.1) is 0 Å². The number of nitrogens with zero attached hydrogens (tertiary/aromatic N) is 1. The topological polar surface area (TPSA) is 88.0 Å². The molecule has 52 valence electrons. The van der Waals surface area contributed by atoms with Crippen molar-refractivity contribution in [1.82, 2.24) is 5.43 Å². The maximum absolute atomic E-state index is 10.1. The SMILES string of the molecule is O=S(=O)(O)C1=NNCO1. The highest BCUT2D eigenvalue weighted by atomic mass is 32.2. The van der Waals surface area contributed by atoms with E-state index in [1.165, 1.54) is 0 Å². The Morgan fingerprint density at radius 1 is 1.78 bits per heavy atom. The quantitative estimate of drug-likeness (QED) is 0.422. The van der Waals surface area contributed by atoms with Gasteiger partial charge in [0.2, 0.25) is 0 Å². The first kappa shape index (κ1) is 6.30. The van der Waals surface area contributed by atoms with E-state index in [9.17, 15) is 8.42 Å². The maximum Gasteiger partial charge on any atom is 0.356 e. The van der Waals surface area contributed by atoms with Gasteiger partial charge < -0.3 is 4.74 Å². The zero-order valence-electron chi connectivity index (χ0n) is 4.23. The van der Waals surface area contributed by atoms with Crippen LogP contribution in [0.2, 0.25) is 0 Å². The number of rotatable bonds is 0. The first-order chi connectivity index (χ1) is 4.11. The van der Waals surface area contributed by atoms with Gasteiger partial charge in [-0.25, -0.2) is 0 Å². The molecule has 0 aromatic rings. The Labute approximate surface area is 51.3 Å². The molecule has 7 heteroatoms. The van der Waals surface area contributed by atoms with Crippen molar-refractivity contribution in [3.63, 3.8) is 0 Å². The van der Waals surface area contributed by atoms with Crippen molar-refractivity contribution >= 4 is 15.3 Å². The highest BCUT2D eigenvalue weighted by molar-refractivity contribution is 8.01. The largest absolute Gasteiger partial charge is 0.444 e. The second-order valence-electron chi connectivity index (χ2n) is 1.30. The highest BCUT2D eigenvalue weighted by Gasteiger charge is 2.21. The zero-order valence-corrected chi connectivity index (χ0v) is 5.05. The van der Waals surface area contributed by atoms with E-state index in [-0.39, 0.29) is 6.73 Å². The Morgan fingerprint density at radius 2 is 2.44 bits per heavy atom. The second kappa shape index (κ2) is 1.85. The lowest BCUT2D eigenvalue weighted by Crippen LogP contribution is -2.13. The van der Waals surface area contributed by atoms with E-state index >= 15 is 0 Å². The van der Waals surface area contributed by atoms with Gasteiger partial charge in [-0.15, -0.1) is 5.10 Å². The first-order valence-corrected chi connectivity index (χ1v) is 3.45. The molecule has 1 aliphatic heterocycles. The summed E-state index contributed by atoms with van der Waals surface area (Å²) in [5.41, 5.74) is 2.21. The van der Waals surface area contributed by atoms with Crippen LogP contribution in [0.4, 0.5) is 0 Å². The van der Waals surface area contributed by atoms with E-state index in [2.05, 4.69) is 15.3 Å². The van der Waals surface area contributed by atoms with Crippen LogP contribution < -0.4 is 5.43 Å². The minimum atomic E-state index is -4.24. The lowest BCUT2D eigenvalue weighted by Gasteiger charge is -1.91. The van der Waals surface area contributed by atoms with E-state index in [4.69, 9.17) is 4.55 Å². The predicted molar refractivity (Wildman–Crippen MR) is 28.1 cm³/mol. The molecular weight excluding hydrogens is 148 g/mol. The molecule has 0 aromatic heterocycles. The van der Waals surface area contributed by atoms with Gasteiger partial charge in [0, 0.05) is 0 Å². The van der Waals surface area contributed by atoms with E-state index in [0.717, 1.165) is 0 Å². The molecule has 0 bridgehead atoms. The molecule has 0 aromatic carbocycles. The Bertz CT molecular complexity index is 229. The van der Waals surface area contributed by atoms with Crippen molar-refractivity contribution in [2.45, 2.75) is 0 Å². The molecular formula is C2H4N2O4S. The van der Waals surface area contributed by atoms with Crippen LogP contribution in [-0.4, -0.2) is 24.9 Å². The Balaban J connectivity index is 2.87. The third-order valence-electron chi connectivity index (χ3n) is 0.651. The van der Waals surface area contributed by atoms with Crippen LogP contribution in [0.5, 0.6) is 0 Å². The summed E-state index contributed by atoms with van der Waals surface area (Å²) in [6.07, 6.45) is 0. The van der Waals surface area contributed by atoms with Gasteiger partial charge in [0.15, 0.2) is 6.73 Å². The summed E-state index contributed by atoms with van der Waals surface area (Å²) in [6.45, 7) is -0.0187. The van der Waals surface area contributed by atoms with Crippen molar-refractivity contribution < 1.29 is 17.7 Å². The molecule has 0 spiro atoms. The molecule has 9 heavy (non-hydrogen) atoms. The summed E-state index contributed by atoms with van der Waals surface area (Å²) in [4.78, 5) is 0. The van der Waals surface area contributed by atoms with Gasteiger partial charge in [0.1, 0.15) is 0 Å². The summed E-state index contributed by atoms with van der Waals surface area (Å²) >= 11 is 0. The molecule has 0 aliphatic carbocycles. The normalized spacial score (nSPS) is 18.1. The average Bonchev–Trinajstić information content (AvgIpc) is 2.08. The fourth-order valence-corrected chi connectivity index (χ4v) is 0.743. The summed E-state index contributed by atoms with van der Waals surface area (Å²) in [6, 6.07) is 0. The van der Waals surface area contributed by atoms with Gasteiger partial charge in [-0.05, 0) is 0 Å². The highest BCUT2D eigenvalue weighted by Crippen LogP contribution is 1.94. The summed E-state index contributed by atoms with van der Waals surface area (Å²) in [5, 5.41) is 2.44. The molecule has 0 saturated carbocycles. The minimum Gasteiger partial charge on any atom is -0.444 e. The van der Waals surface area contributed by atoms with Gasteiger partial charge in [-0.1, -0.05) is 0 Å². The van der Waals surface area contributed by atoms with Crippen LogP contribution in [0.1, 0.15) is 0 Å². The summed E-state index contributed by atoms with van der Waals surface area (Å²) in [7, 11) is -4.24. The number of hydrazone groups is 1. The number of hydrogen-bond donors (Lipinski definition) is 2. The predicted octanol–water partition coefficient (Wildman–Crippen LogP) is -1.28. The zero-order chi connectivity index (χ0) is 6.91. The monoisotopic (exact) mass is 152 g/mol. The molecule has 1 aliphatic rings. The van der Waals surface area contributed by atoms with Gasteiger partial charge in [0.25, 0.3) is 0 Å². The molecule has 0 saturated heterocycles. The first-order valence-electron chi connectivity index (χ1n) is 2.01. The second-order valence-corrected chi connectivity index (χ2v) is 2.60. The van der Waals surface area contributed by atoms with Gasteiger partial charge >= 0.3 is 15.3 Å². The van der Waals surface area contributed by atoms with Crippen molar-refractivity contribution in [2.24, 2.45) is 5.10 Å². The van der Waals surface area contributed by atoms with Gasteiger partial charge in [-0.3, -0.25) is 9.98 Å². The average molecular weight is 152 g/mol. The molecule has 1 heterocycles. The Morgan fingerprint density at radius 3 is 2.67 bits per heavy atom. The fraction of sp³-hybridized carbons (Fsp3) is 0.500. The molecule has 0 atom stereocenters. The van der Waals surface area contributed by atoms with E-state index in [1.54, 1.807) is 0 Å². The number of ether oxygens (including phenoxy) is 1. The summed E-state index contributed by atoms with van der Waals surface area (Å²) in [5.74, 6) is 0. The van der Waals surface area contributed by atoms with Crippen LogP contribution in [0.15, 0.2) is 5.10 Å². The molecule has 0 fully saturated rings. The third-order valence-corrected chi connectivity index (χ3v) is 1.30. The molecule has 0 unspecified atom stereocenters. The van der Waals surface area contributed by atoms with Gasteiger partial charge in [0.05, 0.1) is 0 Å². The standard InChI is InChI=1S/C2H4N2O4S/c5-9(6,7)2-4-3-1-8-2/h3H,1H2,(H,5,6,7). The Kier molecular flexibility index (Phi) is 1.29. The molecule has 0 amide bonds. The van der Waals surface area contributed by atoms with Crippen molar-refractivity contribution in [1.29, 1.82) is 0 Å². The lowest BCUT2D eigenvalue weighted by molar-refractivity contribution is 0.317. The Hall–Kier alpha value is -0.820. The van der Waals surface area contributed by atoms with Crippen LogP contribution in [-0.2, 0) is 14.9 Å². The maximum atomic E-state index is 10.1. The number of hydrogen-bond acceptors (Lipinski definition) is 5. The molecule has 0 radical (unpaired) electrons. The van der Waals surface area contributed by atoms with Crippen LogP contribution in [0.3, 0.4) is 0 Å². The van der Waals surface area contributed by atoms with Crippen LogP contribution in [0.25, 0.3) is 0 Å². The van der Waals surface area contributed by atoms with E-state index in [1.807, 2.05) is 0 Å². The van der Waals surface area contributed by atoms with Crippen molar-refractivity contribution in [3.8, 4) is 0 Å². The molecule has 6 nitrogen and oxygen atoms in total. The smallest absolute Gasteiger partial charge is 0.356 e. The number of nitrogens with one attached hydrogen (secondary N) is 1. The van der Waals surface area contributed by atoms with Crippen LogP contribution >= 0.6 is 0 Å².